The van der Waals surface area contributed by atoms with Gasteiger partial charge in [-0.05, 0) is 41.6 Å². The average Bonchev–Trinajstić information content (AvgIpc) is 3.49. The number of thiophene rings is 1. The number of rotatable bonds is 7. The fourth-order valence-corrected chi connectivity index (χ4v) is 3.85. The van der Waals surface area contributed by atoms with Crippen LogP contribution >= 0.6 is 11.3 Å². The van der Waals surface area contributed by atoms with Crippen molar-refractivity contribution in [2.24, 2.45) is 0 Å². The number of hydrogen-bond acceptors (Lipinski definition) is 8. The predicted molar refractivity (Wildman–Crippen MR) is 118 cm³/mol. The molecule has 0 spiro atoms. The third-order valence-electron chi connectivity index (χ3n) is 4.87. The number of tetrazole rings is 1. The molecule has 11 heteroatoms. The summed E-state index contributed by atoms with van der Waals surface area (Å²) in [5.41, 5.74) is 3.08. The molecule has 32 heavy (non-hydrogen) atoms. The smallest absolute Gasteiger partial charge is 0.270 e. The van der Waals surface area contributed by atoms with E-state index in [1.807, 2.05) is 49.6 Å². The Kier molecular flexibility index (Phi) is 6.26. The minimum Gasteiger partial charge on any atom is -0.346 e. The maximum absolute atomic E-state index is 12.7. The average molecular weight is 449 g/mol. The van der Waals surface area contributed by atoms with E-state index in [4.69, 9.17) is 0 Å². The van der Waals surface area contributed by atoms with E-state index in [0.717, 1.165) is 21.6 Å². The van der Waals surface area contributed by atoms with Crippen molar-refractivity contribution in [3.05, 3.63) is 75.5 Å². The Morgan fingerprint density at radius 1 is 1.09 bits per heavy atom. The molecule has 0 aliphatic heterocycles. The Labute approximate surface area is 187 Å². The second kappa shape index (κ2) is 9.43. The highest BCUT2D eigenvalue weighted by Gasteiger charge is 2.16. The second-order valence-electron chi connectivity index (χ2n) is 7.05. The van der Waals surface area contributed by atoms with Crippen LogP contribution in [0.3, 0.4) is 0 Å². The first-order valence-electron chi connectivity index (χ1n) is 9.79. The number of amides is 2. The molecule has 0 bridgehead atoms. The number of aromatic amines is 1. The van der Waals surface area contributed by atoms with Crippen molar-refractivity contribution in [1.29, 1.82) is 0 Å². The molecule has 4 rings (SSSR count). The largest absolute Gasteiger partial charge is 0.346 e. The van der Waals surface area contributed by atoms with Gasteiger partial charge in [-0.25, -0.2) is 9.97 Å². The molecule has 0 fully saturated rings. The van der Waals surface area contributed by atoms with Crippen molar-refractivity contribution in [3.63, 3.8) is 0 Å². The molecular weight excluding hydrogens is 428 g/mol. The third-order valence-corrected chi connectivity index (χ3v) is 5.89. The molecule has 3 N–H and O–H groups in total. The molecule has 0 saturated heterocycles. The van der Waals surface area contributed by atoms with Crippen LogP contribution in [0, 0.1) is 6.92 Å². The molecule has 3 aromatic heterocycles. The van der Waals surface area contributed by atoms with Gasteiger partial charge in [-0.2, -0.15) is 5.21 Å². The van der Waals surface area contributed by atoms with E-state index in [2.05, 4.69) is 41.2 Å². The van der Waals surface area contributed by atoms with Crippen LogP contribution in [0.4, 0.5) is 0 Å². The van der Waals surface area contributed by atoms with Gasteiger partial charge in [0.1, 0.15) is 17.7 Å². The topological polar surface area (TPSA) is 138 Å². The van der Waals surface area contributed by atoms with Crippen molar-refractivity contribution in [2.45, 2.75) is 26.4 Å². The summed E-state index contributed by atoms with van der Waals surface area (Å²) >= 11 is 1.58. The highest BCUT2D eigenvalue weighted by atomic mass is 32.1. The highest BCUT2D eigenvalue weighted by molar-refractivity contribution is 7.10. The van der Waals surface area contributed by atoms with Gasteiger partial charge < -0.3 is 10.6 Å². The number of carbonyl (C=O) groups is 2. The molecule has 4 aromatic rings. The lowest BCUT2D eigenvalue weighted by Gasteiger charge is -2.14. The standard InChI is InChI=1S/C21H20N8O2S/c1-12-7-8-32-18(12)10-22-20(30)16-9-17(24-11-23-16)21(31)25-13(2)14-3-5-15(6-4-14)19-26-28-29-27-19/h3-9,11,13H,10H2,1-2H3,(H,22,30)(H,25,31)(H,26,27,28,29)/t13-/m0/s1. The number of carbonyl (C=O) groups excluding carboxylic acids is 2. The summed E-state index contributed by atoms with van der Waals surface area (Å²) in [6, 6.07) is 10.6. The van der Waals surface area contributed by atoms with Crippen molar-refractivity contribution in [3.8, 4) is 11.4 Å². The first-order valence-corrected chi connectivity index (χ1v) is 10.7. The van der Waals surface area contributed by atoms with Crippen LogP contribution in [-0.2, 0) is 6.54 Å². The van der Waals surface area contributed by atoms with Gasteiger partial charge in [0.2, 0.25) is 5.82 Å². The Morgan fingerprint density at radius 2 is 1.84 bits per heavy atom. The molecule has 162 valence electrons. The predicted octanol–water partition coefficient (Wildman–Crippen LogP) is 2.45. The summed E-state index contributed by atoms with van der Waals surface area (Å²) in [7, 11) is 0. The van der Waals surface area contributed by atoms with Gasteiger partial charge in [-0.1, -0.05) is 24.3 Å². The number of hydrogen-bond donors (Lipinski definition) is 3. The van der Waals surface area contributed by atoms with Crippen LogP contribution in [0.2, 0.25) is 0 Å². The fourth-order valence-electron chi connectivity index (χ4n) is 3.00. The Balaban J connectivity index is 1.38. The lowest BCUT2D eigenvalue weighted by Crippen LogP contribution is -2.29. The molecule has 1 atom stereocenters. The number of aryl methyl sites for hydroxylation is 1. The van der Waals surface area contributed by atoms with E-state index in [0.29, 0.717) is 12.4 Å². The summed E-state index contributed by atoms with van der Waals surface area (Å²) in [4.78, 5) is 34.2. The first-order chi connectivity index (χ1) is 15.5. The highest BCUT2D eigenvalue weighted by Crippen LogP contribution is 2.19. The normalized spacial score (nSPS) is 11.7. The number of H-pyrrole nitrogens is 1. The SMILES string of the molecule is Cc1ccsc1CNC(=O)c1cc(C(=O)N[C@@H](C)c2ccc(-c3nn[nH]n3)cc2)ncn1. The summed E-state index contributed by atoms with van der Waals surface area (Å²) in [6.07, 6.45) is 1.21. The second-order valence-corrected chi connectivity index (χ2v) is 8.05. The molecular formula is C21H20N8O2S. The van der Waals surface area contributed by atoms with E-state index in [1.165, 1.54) is 12.4 Å². The summed E-state index contributed by atoms with van der Waals surface area (Å²) in [5.74, 6) is -0.265. The van der Waals surface area contributed by atoms with E-state index in [9.17, 15) is 9.59 Å². The first kappa shape index (κ1) is 21.2. The van der Waals surface area contributed by atoms with Crippen LogP contribution in [-0.4, -0.2) is 42.4 Å². The zero-order chi connectivity index (χ0) is 22.5. The van der Waals surface area contributed by atoms with Gasteiger partial charge in [0.25, 0.3) is 11.8 Å². The van der Waals surface area contributed by atoms with E-state index in [-0.39, 0.29) is 23.3 Å². The van der Waals surface area contributed by atoms with Crippen LogP contribution in [0.15, 0.2) is 48.1 Å². The van der Waals surface area contributed by atoms with Crippen LogP contribution in [0.1, 0.15) is 49.9 Å². The Morgan fingerprint density at radius 3 is 2.50 bits per heavy atom. The van der Waals surface area contributed by atoms with Gasteiger partial charge in [0, 0.05) is 16.5 Å². The molecule has 1 aromatic carbocycles. The Bertz CT molecular complexity index is 1220. The third kappa shape index (κ3) is 4.83. The van der Waals surface area contributed by atoms with Crippen LogP contribution in [0.5, 0.6) is 0 Å². The molecule has 0 aliphatic rings. The molecule has 0 aliphatic carbocycles. The number of benzene rings is 1. The lowest BCUT2D eigenvalue weighted by atomic mass is 10.1. The molecule has 0 radical (unpaired) electrons. The summed E-state index contributed by atoms with van der Waals surface area (Å²) < 4.78 is 0. The molecule has 10 nitrogen and oxygen atoms in total. The van der Waals surface area contributed by atoms with Gasteiger partial charge in [0.15, 0.2) is 0 Å². The number of nitrogens with zero attached hydrogens (tertiary/aromatic N) is 5. The minimum atomic E-state index is -0.398. The Hall–Kier alpha value is -3.99. The van der Waals surface area contributed by atoms with Crippen molar-refractivity contribution >= 4 is 23.2 Å². The van der Waals surface area contributed by atoms with Crippen LogP contribution < -0.4 is 10.6 Å². The molecule has 0 saturated carbocycles. The summed E-state index contributed by atoms with van der Waals surface area (Å²) in [5, 5.41) is 21.5. The monoisotopic (exact) mass is 448 g/mol. The van der Waals surface area contributed by atoms with E-state index >= 15 is 0 Å². The quantitative estimate of drug-likeness (QED) is 0.395. The summed E-state index contributed by atoms with van der Waals surface area (Å²) in [6.45, 7) is 4.26. The molecule has 0 unspecified atom stereocenters. The maximum Gasteiger partial charge on any atom is 0.270 e. The number of nitrogens with one attached hydrogen (secondary N) is 3. The zero-order valence-corrected chi connectivity index (χ0v) is 18.2. The van der Waals surface area contributed by atoms with Gasteiger partial charge >= 0.3 is 0 Å². The van der Waals surface area contributed by atoms with E-state index < -0.39 is 5.91 Å². The van der Waals surface area contributed by atoms with Crippen molar-refractivity contribution < 1.29 is 9.59 Å². The van der Waals surface area contributed by atoms with Gasteiger partial charge in [-0.3, -0.25) is 9.59 Å². The molecule has 2 amide bonds. The van der Waals surface area contributed by atoms with Crippen molar-refractivity contribution in [1.82, 2.24) is 41.2 Å². The van der Waals surface area contributed by atoms with Crippen LogP contribution in [0.25, 0.3) is 11.4 Å². The van der Waals surface area contributed by atoms with Gasteiger partial charge in [-0.15, -0.1) is 21.5 Å². The zero-order valence-electron chi connectivity index (χ0n) is 17.4. The van der Waals surface area contributed by atoms with E-state index in [1.54, 1.807) is 11.3 Å². The fraction of sp³-hybridized carbons (Fsp3) is 0.190. The van der Waals surface area contributed by atoms with Gasteiger partial charge in [0.05, 0.1) is 12.6 Å². The van der Waals surface area contributed by atoms with Crippen molar-refractivity contribution in [2.75, 3.05) is 0 Å². The molecule has 3 heterocycles. The number of aromatic nitrogens is 6. The lowest BCUT2D eigenvalue weighted by molar-refractivity contribution is 0.0934. The maximum atomic E-state index is 12.7. The minimum absolute atomic E-state index is 0.118.